The predicted molar refractivity (Wildman–Crippen MR) is 84.6 cm³/mol. The Morgan fingerprint density at radius 3 is 2.56 bits per heavy atom. The molecule has 0 amide bonds. The highest BCUT2D eigenvalue weighted by molar-refractivity contribution is 9.10. The fourth-order valence-electron chi connectivity index (χ4n) is 1.68. The minimum Gasteiger partial charge on any atom is -0.488 e. The standard InChI is InChI=1S/C14H14Br2OS/c1-9(2)13-6-10(15)3-4-14(13)17-7-12-5-11(16)8-18-12/h3-6,8-9H,7H2,1-2H3. The van der Waals surface area contributed by atoms with Crippen molar-refractivity contribution >= 4 is 43.2 Å². The van der Waals surface area contributed by atoms with Gasteiger partial charge in [-0.1, -0.05) is 29.8 Å². The molecule has 0 fully saturated rings. The number of halogens is 2. The summed E-state index contributed by atoms with van der Waals surface area (Å²) >= 11 is 8.66. The Labute approximate surface area is 128 Å². The largest absolute Gasteiger partial charge is 0.488 e. The van der Waals surface area contributed by atoms with Crippen LogP contribution in [0.2, 0.25) is 0 Å². The summed E-state index contributed by atoms with van der Waals surface area (Å²) in [5.41, 5.74) is 1.24. The zero-order valence-corrected chi connectivity index (χ0v) is 14.2. The van der Waals surface area contributed by atoms with E-state index in [4.69, 9.17) is 4.74 Å². The van der Waals surface area contributed by atoms with Crippen molar-refractivity contribution in [2.24, 2.45) is 0 Å². The molecule has 1 heterocycles. The lowest BCUT2D eigenvalue weighted by Crippen LogP contribution is -1.98. The van der Waals surface area contributed by atoms with Crippen LogP contribution in [-0.4, -0.2) is 0 Å². The van der Waals surface area contributed by atoms with E-state index in [2.05, 4.69) is 63.2 Å². The molecule has 18 heavy (non-hydrogen) atoms. The van der Waals surface area contributed by atoms with Gasteiger partial charge in [0.15, 0.2) is 0 Å². The van der Waals surface area contributed by atoms with Crippen molar-refractivity contribution in [1.29, 1.82) is 0 Å². The van der Waals surface area contributed by atoms with E-state index >= 15 is 0 Å². The third-order valence-corrected chi connectivity index (χ3v) is 4.75. The van der Waals surface area contributed by atoms with E-state index in [1.54, 1.807) is 11.3 Å². The third kappa shape index (κ3) is 3.59. The van der Waals surface area contributed by atoms with Crippen LogP contribution in [0, 0.1) is 0 Å². The van der Waals surface area contributed by atoms with Gasteiger partial charge in [-0.3, -0.25) is 0 Å². The van der Waals surface area contributed by atoms with Crippen LogP contribution in [0.5, 0.6) is 5.75 Å². The fourth-order valence-corrected chi connectivity index (χ4v) is 3.42. The van der Waals surface area contributed by atoms with Crippen molar-refractivity contribution in [2.75, 3.05) is 0 Å². The van der Waals surface area contributed by atoms with E-state index in [0.717, 1.165) is 14.7 Å². The monoisotopic (exact) mass is 388 g/mol. The molecule has 2 aromatic rings. The van der Waals surface area contributed by atoms with Crippen molar-refractivity contribution < 1.29 is 4.74 Å². The highest BCUT2D eigenvalue weighted by atomic mass is 79.9. The minimum atomic E-state index is 0.451. The van der Waals surface area contributed by atoms with Gasteiger partial charge < -0.3 is 4.74 Å². The highest BCUT2D eigenvalue weighted by Gasteiger charge is 2.09. The zero-order chi connectivity index (χ0) is 13.1. The molecule has 1 nitrogen and oxygen atoms in total. The van der Waals surface area contributed by atoms with Crippen molar-refractivity contribution in [2.45, 2.75) is 26.4 Å². The van der Waals surface area contributed by atoms with Gasteiger partial charge in [0.05, 0.1) is 0 Å². The molecule has 0 aliphatic rings. The molecule has 0 radical (unpaired) electrons. The smallest absolute Gasteiger partial charge is 0.123 e. The molecule has 0 aliphatic heterocycles. The number of thiophene rings is 1. The molecule has 0 unspecified atom stereocenters. The Morgan fingerprint density at radius 1 is 1.17 bits per heavy atom. The van der Waals surface area contributed by atoms with Crippen molar-refractivity contribution in [3.8, 4) is 5.75 Å². The molecule has 96 valence electrons. The third-order valence-electron chi connectivity index (χ3n) is 2.59. The van der Waals surface area contributed by atoms with E-state index in [-0.39, 0.29) is 0 Å². The van der Waals surface area contributed by atoms with Gasteiger partial charge in [-0.2, -0.15) is 0 Å². The Kier molecular flexibility index (Phi) is 4.87. The second-order valence-corrected chi connectivity index (χ2v) is 7.18. The van der Waals surface area contributed by atoms with Gasteiger partial charge in [0, 0.05) is 19.2 Å². The van der Waals surface area contributed by atoms with Crippen LogP contribution in [0.1, 0.15) is 30.2 Å². The SMILES string of the molecule is CC(C)c1cc(Br)ccc1OCc1cc(Br)cs1. The maximum atomic E-state index is 5.92. The maximum Gasteiger partial charge on any atom is 0.123 e. The van der Waals surface area contributed by atoms with E-state index < -0.39 is 0 Å². The summed E-state index contributed by atoms with van der Waals surface area (Å²) in [7, 11) is 0. The Bertz CT molecular complexity index is 534. The van der Waals surface area contributed by atoms with Crippen molar-refractivity contribution in [1.82, 2.24) is 0 Å². The first kappa shape index (κ1) is 14.1. The number of hydrogen-bond donors (Lipinski definition) is 0. The lowest BCUT2D eigenvalue weighted by atomic mass is 10.0. The van der Waals surface area contributed by atoms with Gasteiger partial charge >= 0.3 is 0 Å². The van der Waals surface area contributed by atoms with Gasteiger partial charge in [0.1, 0.15) is 12.4 Å². The molecule has 1 aromatic carbocycles. The quantitative estimate of drug-likeness (QED) is 0.625. The number of rotatable bonds is 4. The molecule has 0 spiro atoms. The van der Waals surface area contributed by atoms with Crippen LogP contribution in [0.4, 0.5) is 0 Å². The van der Waals surface area contributed by atoms with Crippen LogP contribution in [0.15, 0.2) is 38.6 Å². The Hall–Kier alpha value is -0.320. The number of benzene rings is 1. The summed E-state index contributed by atoms with van der Waals surface area (Å²) in [5.74, 6) is 1.42. The lowest BCUT2D eigenvalue weighted by Gasteiger charge is -2.14. The fraction of sp³-hybridized carbons (Fsp3) is 0.286. The van der Waals surface area contributed by atoms with Gasteiger partial charge in [0.25, 0.3) is 0 Å². The second-order valence-electron chi connectivity index (χ2n) is 4.36. The molecule has 0 aliphatic carbocycles. The Morgan fingerprint density at radius 2 is 1.94 bits per heavy atom. The van der Waals surface area contributed by atoms with Crippen LogP contribution in [0.3, 0.4) is 0 Å². The molecule has 2 rings (SSSR count). The van der Waals surface area contributed by atoms with Crippen LogP contribution in [-0.2, 0) is 6.61 Å². The van der Waals surface area contributed by atoms with Crippen molar-refractivity contribution in [3.05, 3.63) is 49.0 Å². The average Bonchev–Trinajstić information content (AvgIpc) is 2.73. The molecular weight excluding hydrogens is 376 g/mol. The lowest BCUT2D eigenvalue weighted by molar-refractivity contribution is 0.305. The van der Waals surface area contributed by atoms with Crippen LogP contribution < -0.4 is 4.74 Å². The van der Waals surface area contributed by atoms with E-state index in [1.165, 1.54) is 10.4 Å². The van der Waals surface area contributed by atoms with Crippen molar-refractivity contribution in [3.63, 3.8) is 0 Å². The summed E-state index contributed by atoms with van der Waals surface area (Å²) in [6, 6.07) is 8.27. The highest BCUT2D eigenvalue weighted by Crippen LogP contribution is 2.30. The number of ether oxygens (including phenoxy) is 1. The predicted octanol–water partition coefficient (Wildman–Crippen LogP) is 5.98. The molecular formula is C14H14Br2OS. The molecule has 0 N–H and O–H groups in total. The number of hydrogen-bond acceptors (Lipinski definition) is 2. The van der Waals surface area contributed by atoms with Crippen LogP contribution in [0.25, 0.3) is 0 Å². The van der Waals surface area contributed by atoms with Gasteiger partial charge in [-0.15, -0.1) is 11.3 Å². The van der Waals surface area contributed by atoms with E-state index in [0.29, 0.717) is 12.5 Å². The zero-order valence-electron chi connectivity index (χ0n) is 10.2. The van der Waals surface area contributed by atoms with E-state index in [9.17, 15) is 0 Å². The summed E-state index contributed by atoms with van der Waals surface area (Å²) in [4.78, 5) is 1.22. The van der Waals surface area contributed by atoms with Gasteiger partial charge in [-0.05, 0) is 51.7 Å². The van der Waals surface area contributed by atoms with Gasteiger partial charge in [0.2, 0.25) is 0 Å². The first-order valence-corrected chi connectivity index (χ1v) is 8.18. The molecule has 4 heteroatoms. The summed E-state index contributed by atoms with van der Waals surface area (Å²) in [6.45, 7) is 4.98. The topological polar surface area (TPSA) is 9.23 Å². The molecule has 0 saturated carbocycles. The molecule has 1 aromatic heterocycles. The Balaban J connectivity index is 2.13. The molecule has 0 saturated heterocycles. The first-order valence-electron chi connectivity index (χ1n) is 5.71. The maximum absolute atomic E-state index is 5.92. The van der Waals surface area contributed by atoms with Crippen LogP contribution >= 0.6 is 43.2 Å². The molecule has 0 atom stereocenters. The van der Waals surface area contributed by atoms with E-state index in [1.807, 2.05) is 12.1 Å². The normalized spacial score (nSPS) is 10.9. The molecule has 0 bridgehead atoms. The summed E-state index contributed by atoms with van der Waals surface area (Å²) in [5, 5.41) is 2.07. The average molecular weight is 390 g/mol. The van der Waals surface area contributed by atoms with Gasteiger partial charge in [-0.25, -0.2) is 0 Å². The second kappa shape index (κ2) is 6.22. The summed E-state index contributed by atoms with van der Waals surface area (Å²) in [6.07, 6.45) is 0. The first-order chi connectivity index (χ1) is 8.56. The minimum absolute atomic E-state index is 0.451. The summed E-state index contributed by atoms with van der Waals surface area (Å²) < 4.78 is 8.13.